The fraction of sp³-hybridized carbons (Fsp3) is 0.533. The standard InChI is InChI=1S/C15H24N2OS/c1-11(2)10-14(16)15(18)17-8-9-19-13-6-4-12(3)5-7-13/h4-7,11,14H,8-10,16H2,1-3H3,(H,17,18)/t14-/m0/s1. The van der Waals surface area contributed by atoms with Gasteiger partial charge in [0.15, 0.2) is 0 Å². The van der Waals surface area contributed by atoms with Gasteiger partial charge in [-0.05, 0) is 31.4 Å². The van der Waals surface area contributed by atoms with Gasteiger partial charge in [-0.25, -0.2) is 0 Å². The van der Waals surface area contributed by atoms with Crippen molar-refractivity contribution in [1.29, 1.82) is 0 Å². The Morgan fingerprint density at radius 1 is 1.32 bits per heavy atom. The number of hydrogen-bond donors (Lipinski definition) is 2. The van der Waals surface area contributed by atoms with Crippen molar-refractivity contribution >= 4 is 17.7 Å². The van der Waals surface area contributed by atoms with Gasteiger partial charge in [-0.15, -0.1) is 11.8 Å². The molecule has 3 N–H and O–H groups in total. The molecule has 0 bridgehead atoms. The van der Waals surface area contributed by atoms with Crippen molar-refractivity contribution in [2.24, 2.45) is 11.7 Å². The molecule has 0 aliphatic heterocycles. The zero-order valence-electron chi connectivity index (χ0n) is 12.0. The lowest BCUT2D eigenvalue weighted by Crippen LogP contribution is -2.42. The van der Waals surface area contributed by atoms with Crippen molar-refractivity contribution in [1.82, 2.24) is 5.32 Å². The summed E-state index contributed by atoms with van der Waals surface area (Å²) in [5.41, 5.74) is 7.07. The molecule has 0 aromatic heterocycles. The molecule has 0 spiro atoms. The van der Waals surface area contributed by atoms with Crippen LogP contribution in [0.15, 0.2) is 29.2 Å². The summed E-state index contributed by atoms with van der Waals surface area (Å²) in [6, 6.07) is 8.02. The molecule has 106 valence electrons. The van der Waals surface area contributed by atoms with Gasteiger partial charge in [-0.1, -0.05) is 31.5 Å². The number of thioether (sulfide) groups is 1. The van der Waals surface area contributed by atoms with E-state index in [2.05, 4.69) is 50.4 Å². The van der Waals surface area contributed by atoms with Crippen LogP contribution in [0.3, 0.4) is 0 Å². The first kappa shape index (κ1) is 16.1. The van der Waals surface area contributed by atoms with Crippen LogP contribution < -0.4 is 11.1 Å². The lowest BCUT2D eigenvalue weighted by molar-refractivity contribution is -0.122. The molecular formula is C15H24N2OS. The van der Waals surface area contributed by atoms with Crippen LogP contribution in [0.5, 0.6) is 0 Å². The quantitative estimate of drug-likeness (QED) is 0.596. The Morgan fingerprint density at radius 2 is 1.95 bits per heavy atom. The first-order chi connectivity index (χ1) is 8.99. The highest BCUT2D eigenvalue weighted by Gasteiger charge is 2.13. The largest absolute Gasteiger partial charge is 0.354 e. The van der Waals surface area contributed by atoms with Crippen molar-refractivity contribution in [2.75, 3.05) is 12.3 Å². The number of nitrogens with one attached hydrogen (secondary N) is 1. The Bertz CT molecular complexity index is 390. The van der Waals surface area contributed by atoms with E-state index >= 15 is 0 Å². The summed E-state index contributed by atoms with van der Waals surface area (Å²) in [4.78, 5) is 12.9. The van der Waals surface area contributed by atoms with Gasteiger partial charge < -0.3 is 11.1 Å². The molecule has 0 aliphatic rings. The molecule has 0 unspecified atom stereocenters. The van der Waals surface area contributed by atoms with Crippen LogP contribution in [0.25, 0.3) is 0 Å². The van der Waals surface area contributed by atoms with Crippen LogP contribution >= 0.6 is 11.8 Å². The summed E-state index contributed by atoms with van der Waals surface area (Å²) in [7, 11) is 0. The van der Waals surface area contributed by atoms with E-state index in [1.54, 1.807) is 11.8 Å². The second kappa shape index (κ2) is 8.23. The normalized spacial score (nSPS) is 12.5. The number of carbonyl (C=O) groups is 1. The van der Waals surface area contributed by atoms with E-state index in [4.69, 9.17) is 5.73 Å². The number of aryl methyl sites for hydroxylation is 1. The molecule has 1 amide bonds. The van der Waals surface area contributed by atoms with E-state index in [9.17, 15) is 4.79 Å². The summed E-state index contributed by atoms with van der Waals surface area (Å²) in [5, 5.41) is 2.88. The maximum absolute atomic E-state index is 11.7. The number of carbonyl (C=O) groups excluding carboxylic acids is 1. The molecule has 1 aromatic rings. The average Bonchev–Trinajstić information content (AvgIpc) is 2.35. The molecule has 0 heterocycles. The third-order valence-corrected chi connectivity index (χ3v) is 3.77. The van der Waals surface area contributed by atoms with Gasteiger partial charge >= 0.3 is 0 Å². The van der Waals surface area contributed by atoms with Gasteiger partial charge in [0.1, 0.15) is 0 Å². The van der Waals surface area contributed by atoms with Crippen LogP contribution in [-0.4, -0.2) is 24.2 Å². The molecule has 3 nitrogen and oxygen atoms in total. The second-order valence-electron chi connectivity index (χ2n) is 5.19. The molecule has 0 saturated carbocycles. The molecule has 1 aromatic carbocycles. The third-order valence-electron chi connectivity index (χ3n) is 2.75. The first-order valence-electron chi connectivity index (χ1n) is 6.72. The minimum absolute atomic E-state index is 0.0433. The van der Waals surface area contributed by atoms with Crippen LogP contribution in [-0.2, 0) is 4.79 Å². The highest BCUT2D eigenvalue weighted by atomic mass is 32.2. The smallest absolute Gasteiger partial charge is 0.236 e. The lowest BCUT2D eigenvalue weighted by Gasteiger charge is -2.13. The van der Waals surface area contributed by atoms with Crippen LogP contribution in [0, 0.1) is 12.8 Å². The van der Waals surface area contributed by atoms with Gasteiger partial charge in [0.2, 0.25) is 5.91 Å². The molecule has 0 radical (unpaired) electrons. The Kier molecular flexibility index (Phi) is 6.95. The highest BCUT2D eigenvalue weighted by Crippen LogP contribution is 2.17. The zero-order chi connectivity index (χ0) is 14.3. The predicted octanol–water partition coefficient (Wildman–Crippen LogP) is 2.58. The molecular weight excluding hydrogens is 256 g/mol. The van der Waals surface area contributed by atoms with Crippen LogP contribution in [0.2, 0.25) is 0 Å². The van der Waals surface area contributed by atoms with E-state index in [0.717, 1.165) is 12.2 Å². The minimum Gasteiger partial charge on any atom is -0.354 e. The van der Waals surface area contributed by atoms with E-state index in [-0.39, 0.29) is 11.9 Å². The Hall–Kier alpha value is -1.00. The molecule has 0 fully saturated rings. The summed E-state index contributed by atoms with van der Waals surface area (Å²) in [5.74, 6) is 1.27. The van der Waals surface area contributed by atoms with Crippen molar-refractivity contribution < 1.29 is 4.79 Å². The number of amides is 1. The predicted molar refractivity (Wildman–Crippen MR) is 82.3 cm³/mol. The molecule has 19 heavy (non-hydrogen) atoms. The summed E-state index contributed by atoms with van der Waals surface area (Å²) < 4.78 is 0. The van der Waals surface area contributed by atoms with E-state index in [1.165, 1.54) is 10.5 Å². The summed E-state index contributed by atoms with van der Waals surface area (Å²) in [6.45, 7) is 6.87. The van der Waals surface area contributed by atoms with Gasteiger partial charge in [-0.2, -0.15) is 0 Å². The van der Waals surface area contributed by atoms with Crippen molar-refractivity contribution in [3.05, 3.63) is 29.8 Å². The van der Waals surface area contributed by atoms with Crippen LogP contribution in [0.1, 0.15) is 25.8 Å². The van der Waals surface area contributed by atoms with Gasteiger partial charge in [-0.3, -0.25) is 4.79 Å². The van der Waals surface area contributed by atoms with Crippen molar-refractivity contribution in [3.63, 3.8) is 0 Å². The molecule has 4 heteroatoms. The summed E-state index contributed by atoms with van der Waals surface area (Å²) >= 11 is 1.74. The fourth-order valence-electron chi connectivity index (χ4n) is 1.72. The van der Waals surface area contributed by atoms with Crippen LogP contribution in [0.4, 0.5) is 0 Å². The fourth-order valence-corrected chi connectivity index (χ4v) is 2.49. The van der Waals surface area contributed by atoms with Crippen molar-refractivity contribution in [3.8, 4) is 0 Å². The zero-order valence-corrected chi connectivity index (χ0v) is 12.8. The Morgan fingerprint density at radius 3 is 2.53 bits per heavy atom. The number of nitrogens with two attached hydrogens (primary N) is 1. The van der Waals surface area contributed by atoms with Gasteiger partial charge in [0.25, 0.3) is 0 Å². The Balaban J connectivity index is 2.20. The second-order valence-corrected chi connectivity index (χ2v) is 6.36. The molecule has 0 saturated heterocycles. The molecule has 0 aliphatic carbocycles. The highest BCUT2D eigenvalue weighted by molar-refractivity contribution is 7.99. The lowest BCUT2D eigenvalue weighted by atomic mass is 10.0. The maximum atomic E-state index is 11.7. The minimum atomic E-state index is -0.385. The summed E-state index contributed by atoms with van der Waals surface area (Å²) in [6.07, 6.45) is 0.733. The van der Waals surface area contributed by atoms with E-state index in [0.29, 0.717) is 12.5 Å². The first-order valence-corrected chi connectivity index (χ1v) is 7.70. The SMILES string of the molecule is Cc1ccc(SCCNC(=O)[C@@H](N)CC(C)C)cc1. The number of hydrogen-bond acceptors (Lipinski definition) is 3. The number of benzene rings is 1. The maximum Gasteiger partial charge on any atom is 0.236 e. The molecule has 1 atom stereocenters. The number of rotatable bonds is 7. The van der Waals surface area contributed by atoms with E-state index < -0.39 is 0 Å². The average molecular weight is 280 g/mol. The molecule has 1 rings (SSSR count). The van der Waals surface area contributed by atoms with Gasteiger partial charge in [0.05, 0.1) is 6.04 Å². The Labute approximate surface area is 120 Å². The third kappa shape index (κ3) is 6.64. The van der Waals surface area contributed by atoms with Crippen molar-refractivity contribution in [2.45, 2.75) is 38.1 Å². The topological polar surface area (TPSA) is 55.1 Å². The van der Waals surface area contributed by atoms with E-state index in [1.807, 2.05) is 0 Å². The monoisotopic (exact) mass is 280 g/mol. The van der Waals surface area contributed by atoms with Gasteiger partial charge in [0, 0.05) is 17.2 Å².